The third-order valence-corrected chi connectivity index (χ3v) is 3.16. The highest BCUT2D eigenvalue weighted by Gasteiger charge is 2.34. The van der Waals surface area contributed by atoms with Crippen LogP contribution < -0.4 is 4.74 Å². The van der Waals surface area contributed by atoms with Crippen LogP contribution >= 0.6 is 0 Å². The molecule has 0 aliphatic carbocycles. The molecule has 0 radical (unpaired) electrons. The third-order valence-electron chi connectivity index (χ3n) is 3.16. The predicted octanol–water partition coefficient (Wildman–Crippen LogP) is 4.21. The maximum atomic E-state index is 13.0. The lowest BCUT2D eigenvalue weighted by molar-refractivity contribution is -0.385. The molecule has 2 aromatic rings. The van der Waals surface area contributed by atoms with Crippen molar-refractivity contribution in [3.63, 3.8) is 0 Å². The molecule has 0 aliphatic heterocycles. The topological polar surface area (TPSA) is 52.4 Å². The van der Waals surface area contributed by atoms with Crippen LogP contribution in [0.3, 0.4) is 0 Å². The predicted molar refractivity (Wildman–Crippen MR) is 73.9 cm³/mol. The van der Waals surface area contributed by atoms with E-state index in [9.17, 15) is 23.3 Å². The molecule has 116 valence electrons. The number of rotatable bonds is 4. The van der Waals surface area contributed by atoms with Crippen molar-refractivity contribution in [2.45, 2.75) is 12.6 Å². The molecule has 0 bridgehead atoms. The van der Waals surface area contributed by atoms with Gasteiger partial charge in [-0.2, -0.15) is 13.2 Å². The summed E-state index contributed by atoms with van der Waals surface area (Å²) in [5, 5.41) is 10.8. The van der Waals surface area contributed by atoms with Crippen LogP contribution in [0.15, 0.2) is 42.5 Å². The van der Waals surface area contributed by atoms with Crippen molar-refractivity contribution in [3.05, 3.63) is 69.3 Å². The average Bonchev–Trinajstić information content (AvgIpc) is 2.46. The minimum Gasteiger partial charge on any atom is -0.497 e. The molecule has 0 saturated carbocycles. The van der Waals surface area contributed by atoms with Crippen LogP contribution in [0.4, 0.5) is 18.9 Å². The molecule has 0 heterocycles. The number of nitrogens with zero attached hydrogens (tertiary/aromatic N) is 1. The van der Waals surface area contributed by atoms with Crippen molar-refractivity contribution in [2.75, 3.05) is 7.11 Å². The van der Waals surface area contributed by atoms with Gasteiger partial charge in [0.1, 0.15) is 5.75 Å². The van der Waals surface area contributed by atoms with E-state index in [0.717, 1.165) is 18.2 Å². The number of benzene rings is 2. The van der Waals surface area contributed by atoms with Crippen molar-refractivity contribution >= 4 is 5.69 Å². The van der Waals surface area contributed by atoms with Crippen LogP contribution in [0.25, 0.3) is 0 Å². The molecule has 0 unspecified atom stereocenters. The molecular formula is C15H12F3NO3. The first-order valence-corrected chi connectivity index (χ1v) is 6.28. The standard InChI is InChI=1S/C15H12F3NO3/c1-22-13-5-2-10(3-6-13)8-11-9-12(19(20)21)4-7-14(11)15(16,17)18/h2-7,9H,8H2,1H3. The highest BCUT2D eigenvalue weighted by molar-refractivity contribution is 5.44. The largest absolute Gasteiger partial charge is 0.497 e. The van der Waals surface area contributed by atoms with Gasteiger partial charge in [0.15, 0.2) is 0 Å². The summed E-state index contributed by atoms with van der Waals surface area (Å²) in [7, 11) is 1.48. The van der Waals surface area contributed by atoms with E-state index in [2.05, 4.69) is 0 Å². The Balaban J connectivity index is 2.41. The van der Waals surface area contributed by atoms with Crippen molar-refractivity contribution in [2.24, 2.45) is 0 Å². The fraction of sp³-hybridized carbons (Fsp3) is 0.200. The molecule has 0 amide bonds. The van der Waals surface area contributed by atoms with Gasteiger partial charge in [0.2, 0.25) is 0 Å². The Bertz CT molecular complexity index is 681. The number of nitro groups is 1. The number of halogens is 3. The van der Waals surface area contributed by atoms with Crippen molar-refractivity contribution in [1.82, 2.24) is 0 Å². The van der Waals surface area contributed by atoms with Gasteiger partial charge < -0.3 is 4.74 Å². The Morgan fingerprint density at radius 3 is 2.27 bits per heavy atom. The van der Waals surface area contributed by atoms with Crippen LogP contribution in [0.2, 0.25) is 0 Å². The summed E-state index contributed by atoms with van der Waals surface area (Å²) in [6, 6.07) is 9.07. The highest BCUT2D eigenvalue weighted by atomic mass is 19.4. The minimum absolute atomic E-state index is 0.0550. The molecule has 0 aromatic heterocycles. The van der Waals surface area contributed by atoms with Gasteiger partial charge in [-0.3, -0.25) is 10.1 Å². The molecular weight excluding hydrogens is 299 g/mol. The van der Waals surface area contributed by atoms with E-state index in [0.29, 0.717) is 11.3 Å². The lowest BCUT2D eigenvalue weighted by atomic mass is 9.98. The molecule has 0 N–H and O–H groups in total. The fourth-order valence-electron chi connectivity index (χ4n) is 2.08. The maximum absolute atomic E-state index is 13.0. The molecule has 4 nitrogen and oxygen atoms in total. The lowest BCUT2D eigenvalue weighted by Gasteiger charge is -2.13. The molecule has 0 fully saturated rings. The number of non-ortho nitro benzene ring substituents is 1. The second-order valence-corrected chi connectivity index (χ2v) is 4.62. The Morgan fingerprint density at radius 1 is 1.14 bits per heavy atom. The Kier molecular flexibility index (Phi) is 4.35. The van der Waals surface area contributed by atoms with Gasteiger partial charge in [-0.1, -0.05) is 12.1 Å². The normalized spacial score (nSPS) is 11.3. The Labute approximate surface area is 124 Å². The van der Waals surface area contributed by atoms with E-state index in [1.807, 2.05) is 0 Å². The van der Waals surface area contributed by atoms with Gasteiger partial charge in [-0.05, 0) is 35.7 Å². The number of nitro benzene ring substituents is 1. The van der Waals surface area contributed by atoms with Gasteiger partial charge in [0.25, 0.3) is 5.69 Å². The summed E-state index contributed by atoms with van der Waals surface area (Å²) in [5.41, 5.74) is -0.760. The van der Waals surface area contributed by atoms with E-state index in [4.69, 9.17) is 4.74 Å². The smallest absolute Gasteiger partial charge is 0.416 e. The van der Waals surface area contributed by atoms with Crippen molar-refractivity contribution in [3.8, 4) is 5.75 Å². The summed E-state index contributed by atoms with van der Waals surface area (Å²) in [6.07, 6.45) is -4.61. The molecule has 22 heavy (non-hydrogen) atoms. The number of ether oxygens (including phenoxy) is 1. The van der Waals surface area contributed by atoms with E-state index in [1.54, 1.807) is 24.3 Å². The van der Waals surface area contributed by atoms with E-state index in [-0.39, 0.29) is 17.7 Å². The first kappa shape index (κ1) is 15.8. The second-order valence-electron chi connectivity index (χ2n) is 4.62. The number of hydrogen-bond donors (Lipinski definition) is 0. The maximum Gasteiger partial charge on any atom is 0.416 e. The number of methoxy groups -OCH3 is 1. The van der Waals surface area contributed by atoms with Gasteiger partial charge in [0, 0.05) is 12.1 Å². The molecule has 0 spiro atoms. The molecule has 0 aliphatic rings. The van der Waals surface area contributed by atoms with Crippen molar-refractivity contribution in [1.29, 1.82) is 0 Å². The van der Waals surface area contributed by atoms with Crippen LogP contribution in [0.1, 0.15) is 16.7 Å². The number of hydrogen-bond acceptors (Lipinski definition) is 3. The van der Waals surface area contributed by atoms with Crippen molar-refractivity contribution < 1.29 is 22.8 Å². The number of alkyl halides is 3. The third kappa shape index (κ3) is 3.55. The van der Waals surface area contributed by atoms with E-state index in [1.165, 1.54) is 7.11 Å². The molecule has 0 saturated heterocycles. The van der Waals surface area contributed by atoms with Crippen LogP contribution in [0, 0.1) is 10.1 Å². The van der Waals surface area contributed by atoms with Gasteiger partial charge in [-0.25, -0.2) is 0 Å². The zero-order valence-corrected chi connectivity index (χ0v) is 11.6. The van der Waals surface area contributed by atoms with Crippen LogP contribution in [0.5, 0.6) is 5.75 Å². The molecule has 7 heteroatoms. The van der Waals surface area contributed by atoms with E-state index < -0.39 is 16.7 Å². The zero-order valence-electron chi connectivity index (χ0n) is 11.6. The molecule has 2 aromatic carbocycles. The fourth-order valence-corrected chi connectivity index (χ4v) is 2.08. The van der Waals surface area contributed by atoms with Crippen LogP contribution in [-0.4, -0.2) is 12.0 Å². The quantitative estimate of drug-likeness (QED) is 0.627. The van der Waals surface area contributed by atoms with Gasteiger partial charge >= 0.3 is 6.18 Å². The monoisotopic (exact) mass is 311 g/mol. The summed E-state index contributed by atoms with van der Waals surface area (Å²) >= 11 is 0. The minimum atomic E-state index is -4.56. The SMILES string of the molecule is COc1ccc(Cc2cc([N+](=O)[O-])ccc2C(F)(F)F)cc1. The van der Waals surface area contributed by atoms with Gasteiger partial charge in [0.05, 0.1) is 17.6 Å². The summed E-state index contributed by atoms with van der Waals surface area (Å²) in [6.45, 7) is 0. The van der Waals surface area contributed by atoms with E-state index >= 15 is 0 Å². The van der Waals surface area contributed by atoms with Crippen LogP contribution in [-0.2, 0) is 12.6 Å². The first-order chi connectivity index (χ1) is 10.3. The Morgan fingerprint density at radius 2 is 1.77 bits per heavy atom. The molecule has 2 rings (SSSR count). The summed E-state index contributed by atoms with van der Waals surface area (Å²) in [5.74, 6) is 0.582. The molecule has 0 atom stereocenters. The Hall–Kier alpha value is -2.57. The summed E-state index contributed by atoms with van der Waals surface area (Å²) in [4.78, 5) is 10.0. The summed E-state index contributed by atoms with van der Waals surface area (Å²) < 4.78 is 44.0. The van der Waals surface area contributed by atoms with Gasteiger partial charge in [-0.15, -0.1) is 0 Å². The second kappa shape index (κ2) is 6.05. The first-order valence-electron chi connectivity index (χ1n) is 6.28. The average molecular weight is 311 g/mol. The highest BCUT2D eigenvalue weighted by Crippen LogP contribution is 2.35. The lowest BCUT2D eigenvalue weighted by Crippen LogP contribution is -2.10. The zero-order chi connectivity index (χ0) is 16.3.